The number of fused-ring (bicyclic) bond motifs is 1. The van der Waals surface area contributed by atoms with Crippen molar-refractivity contribution >= 4 is 40.2 Å². The summed E-state index contributed by atoms with van der Waals surface area (Å²) in [6.45, 7) is -0.777. The summed E-state index contributed by atoms with van der Waals surface area (Å²) < 4.78 is 36.8. The van der Waals surface area contributed by atoms with E-state index in [1.54, 1.807) is 36.4 Å². The average molecular weight is 581 g/mol. The second-order valence-corrected chi connectivity index (χ2v) is 10.3. The standard InChI is InChI=1S/C30H27ClF2N4O4/c31-21-8-4-7-20(11-21)14-37(33)30(40)27-12-22(32)15-36(27)28(38)17-35-16-25(29(34)39)24-10-9-23(13-26(24)35)41-18-19-5-2-1-3-6-19/h1-11,13,16,22,27H,12,14-15,17-18H2,(H2,34,39)/t22-,27+/m1/s1. The van der Waals surface area contributed by atoms with Crippen molar-refractivity contribution in [2.24, 2.45) is 5.73 Å². The van der Waals surface area contributed by atoms with E-state index < -0.39 is 36.5 Å². The maximum absolute atomic E-state index is 14.9. The van der Waals surface area contributed by atoms with Gasteiger partial charge in [-0.05, 0) is 35.4 Å². The quantitative estimate of drug-likeness (QED) is 0.287. The minimum absolute atomic E-state index is 0.0265. The topological polar surface area (TPSA) is 97.9 Å². The van der Waals surface area contributed by atoms with Crippen LogP contribution in [-0.2, 0) is 29.3 Å². The zero-order valence-corrected chi connectivity index (χ0v) is 22.6. The maximum atomic E-state index is 14.9. The fourth-order valence-electron chi connectivity index (χ4n) is 5.00. The Morgan fingerprint density at radius 1 is 1.02 bits per heavy atom. The number of benzene rings is 3. The molecular weight excluding hydrogens is 554 g/mol. The second kappa shape index (κ2) is 12.0. The normalized spacial score (nSPS) is 16.6. The molecule has 0 spiro atoms. The lowest BCUT2D eigenvalue weighted by Crippen LogP contribution is -2.46. The van der Waals surface area contributed by atoms with Gasteiger partial charge in [0.1, 0.15) is 31.1 Å². The number of alkyl halides is 1. The summed E-state index contributed by atoms with van der Waals surface area (Å²) >= 11 is 5.95. The first-order valence-corrected chi connectivity index (χ1v) is 13.3. The van der Waals surface area contributed by atoms with Gasteiger partial charge in [0.05, 0.1) is 24.2 Å². The van der Waals surface area contributed by atoms with Gasteiger partial charge < -0.3 is 19.9 Å². The molecule has 1 aromatic heterocycles. The number of nitrogens with two attached hydrogens (primary N) is 1. The predicted molar refractivity (Wildman–Crippen MR) is 149 cm³/mol. The molecule has 11 heteroatoms. The summed E-state index contributed by atoms with van der Waals surface area (Å²) in [6.07, 6.45) is -0.378. The molecule has 1 aliphatic rings. The van der Waals surface area contributed by atoms with E-state index >= 15 is 0 Å². The lowest BCUT2D eigenvalue weighted by atomic mass is 10.1. The van der Waals surface area contributed by atoms with Gasteiger partial charge in [0.25, 0.3) is 11.8 Å². The van der Waals surface area contributed by atoms with Crippen molar-refractivity contribution in [3.63, 3.8) is 0 Å². The van der Waals surface area contributed by atoms with Crippen LogP contribution in [0.2, 0.25) is 5.02 Å². The number of likely N-dealkylation sites (tertiary alicyclic amines) is 1. The highest BCUT2D eigenvalue weighted by Gasteiger charge is 2.42. The van der Waals surface area contributed by atoms with Crippen molar-refractivity contribution in [3.8, 4) is 5.75 Å². The van der Waals surface area contributed by atoms with Crippen molar-refractivity contribution in [1.29, 1.82) is 0 Å². The van der Waals surface area contributed by atoms with Crippen LogP contribution in [0.1, 0.15) is 27.9 Å². The first kappa shape index (κ1) is 28.1. The summed E-state index contributed by atoms with van der Waals surface area (Å²) in [5, 5.41) is 0.861. The molecule has 2 heterocycles. The first-order valence-electron chi connectivity index (χ1n) is 12.9. The summed E-state index contributed by atoms with van der Waals surface area (Å²) in [6, 6.07) is 19.6. The molecule has 1 aliphatic heterocycles. The molecule has 3 aromatic carbocycles. The van der Waals surface area contributed by atoms with Crippen LogP contribution in [0.3, 0.4) is 0 Å². The summed E-state index contributed by atoms with van der Waals surface area (Å²) in [5.41, 5.74) is 7.66. The molecule has 2 atom stereocenters. The maximum Gasteiger partial charge on any atom is 0.273 e. The van der Waals surface area contributed by atoms with Crippen LogP contribution < -0.4 is 10.5 Å². The molecule has 4 aromatic rings. The van der Waals surface area contributed by atoms with Gasteiger partial charge in [-0.15, -0.1) is 0 Å². The van der Waals surface area contributed by atoms with Crippen LogP contribution in [-0.4, -0.2) is 51.1 Å². The summed E-state index contributed by atoms with van der Waals surface area (Å²) in [4.78, 5) is 39.5. The monoisotopic (exact) mass is 580 g/mol. The van der Waals surface area contributed by atoms with Crippen LogP contribution in [0.4, 0.5) is 8.87 Å². The van der Waals surface area contributed by atoms with Gasteiger partial charge in [-0.2, -0.15) is 5.12 Å². The van der Waals surface area contributed by atoms with E-state index in [4.69, 9.17) is 22.1 Å². The van der Waals surface area contributed by atoms with Crippen molar-refractivity contribution in [3.05, 3.63) is 101 Å². The molecule has 0 bridgehead atoms. The molecule has 8 nitrogen and oxygen atoms in total. The molecule has 2 N–H and O–H groups in total. The number of hydrogen-bond acceptors (Lipinski definition) is 4. The van der Waals surface area contributed by atoms with E-state index in [9.17, 15) is 23.3 Å². The van der Waals surface area contributed by atoms with E-state index in [0.29, 0.717) is 33.8 Å². The summed E-state index contributed by atoms with van der Waals surface area (Å²) in [7, 11) is 0. The van der Waals surface area contributed by atoms with Gasteiger partial charge in [-0.25, -0.2) is 4.39 Å². The number of primary amides is 1. The zero-order valence-electron chi connectivity index (χ0n) is 21.9. The minimum Gasteiger partial charge on any atom is -0.489 e. The molecule has 3 amide bonds. The number of aromatic nitrogens is 1. The molecule has 0 radical (unpaired) electrons. The van der Waals surface area contributed by atoms with Gasteiger partial charge in [0.15, 0.2) is 0 Å². The van der Waals surface area contributed by atoms with Crippen molar-refractivity contribution < 1.29 is 28.0 Å². The Morgan fingerprint density at radius 2 is 1.78 bits per heavy atom. The van der Waals surface area contributed by atoms with Crippen molar-refractivity contribution in [2.45, 2.75) is 38.3 Å². The molecule has 0 saturated carbocycles. The fraction of sp³-hybridized carbons (Fsp3) is 0.233. The third-order valence-electron chi connectivity index (χ3n) is 6.98. The number of amides is 3. The van der Waals surface area contributed by atoms with Crippen molar-refractivity contribution in [2.75, 3.05) is 6.54 Å². The Kier molecular flexibility index (Phi) is 8.21. The van der Waals surface area contributed by atoms with E-state index in [1.165, 1.54) is 16.8 Å². The minimum atomic E-state index is -1.49. The van der Waals surface area contributed by atoms with E-state index in [1.807, 2.05) is 30.3 Å². The molecule has 1 fully saturated rings. The highest BCUT2D eigenvalue weighted by molar-refractivity contribution is 6.30. The molecule has 0 aliphatic carbocycles. The molecule has 1 saturated heterocycles. The smallest absolute Gasteiger partial charge is 0.273 e. The van der Waals surface area contributed by atoms with Crippen molar-refractivity contribution in [1.82, 2.24) is 14.6 Å². The Morgan fingerprint density at radius 3 is 2.51 bits per heavy atom. The fourth-order valence-corrected chi connectivity index (χ4v) is 5.21. The first-order chi connectivity index (χ1) is 19.7. The third-order valence-corrected chi connectivity index (χ3v) is 7.21. The SMILES string of the molecule is NC(=O)c1cn(CC(=O)N2C[C@H](F)C[C@H]2C(=O)N(F)Cc2cccc(Cl)c2)c2cc(OCc3ccccc3)ccc12. The largest absolute Gasteiger partial charge is 0.489 e. The molecule has 41 heavy (non-hydrogen) atoms. The molecule has 212 valence electrons. The number of ether oxygens (including phenoxy) is 1. The number of carbonyl (C=O) groups is 3. The van der Waals surface area contributed by atoms with Gasteiger partial charge in [0, 0.05) is 29.1 Å². The second-order valence-electron chi connectivity index (χ2n) is 9.87. The highest BCUT2D eigenvalue weighted by atomic mass is 35.5. The predicted octanol–water partition coefficient (Wildman–Crippen LogP) is 4.82. The third kappa shape index (κ3) is 6.33. The Bertz CT molecular complexity index is 1600. The Balaban J connectivity index is 1.35. The van der Waals surface area contributed by atoms with Crippen LogP contribution >= 0.6 is 11.6 Å². The zero-order chi connectivity index (χ0) is 29.1. The van der Waals surface area contributed by atoms with Crippen LogP contribution in [0.25, 0.3) is 10.9 Å². The number of rotatable bonds is 9. The molecular formula is C30H27ClF2N4O4. The number of carbonyl (C=O) groups excluding carboxylic acids is 3. The lowest BCUT2D eigenvalue weighted by Gasteiger charge is -2.26. The van der Waals surface area contributed by atoms with E-state index in [-0.39, 0.29) is 30.2 Å². The average Bonchev–Trinajstić information content (AvgIpc) is 3.52. The van der Waals surface area contributed by atoms with Gasteiger partial charge in [0.2, 0.25) is 5.91 Å². The van der Waals surface area contributed by atoms with Crippen LogP contribution in [0, 0.1) is 0 Å². The van der Waals surface area contributed by atoms with Gasteiger partial charge in [-0.3, -0.25) is 14.4 Å². The Hall–Kier alpha value is -4.44. The number of hydrogen-bond donors (Lipinski definition) is 1. The Labute approximate surface area is 239 Å². The van der Waals surface area contributed by atoms with Gasteiger partial charge in [-0.1, -0.05) is 58.5 Å². The highest BCUT2D eigenvalue weighted by Crippen LogP contribution is 2.28. The van der Waals surface area contributed by atoms with Crippen LogP contribution in [0.5, 0.6) is 5.75 Å². The number of halogens is 3. The molecule has 0 unspecified atom stereocenters. The van der Waals surface area contributed by atoms with E-state index in [2.05, 4.69) is 0 Å². The number of nitrogens with zero attached hydrogens (tertiary/aromatic N) is 3. The molecule has 5 rings (SSSR count). The van der Waals surface area contributed by atoms with E-state index in [0.717, 1.165) is 10.5 Å². The van der Waals surface area contributed by atoms with Crippen LogP contribution in [0.15, 0.2) is 79.0 Å². The van der Waals surface area contributed by atoms with Gasteiger partial charge >= 0.3 is 0 Å². The lowest BCUT2D eigenvalue weighted by molar-refractivity contribution is -0.156. The summed E-state index contributed by atoms with van der Waals surface area (Å²) in [5.74, 6) is -1.82.